The lowest BCUT2D eigenvalue weighted by Gasteiger charge is -2.06. The van der Waals surface area contributed by atoms with Gasteiger partial charge in [-0.3, -0.25) is 0 Å². The minimum absolute atomic E-state index is 0.435. The van der Waals surface area contributed by atoms with Crippen LogP contribution < -0.4 is 0 Å². The van der Waals surface area contributed by atoms with E-state index in [-0.39, 0.29) is 0 Å². The second-order valence-corrected chi connectivity index (χ2v) is 7.03. The molecule has 2 rings (SSSR count). The lowest BCUT2D eigenvalue weighted by atomic mass is 10.1. The highest BCUT2D eigenvalue weighted by molar-refractivity contribution is 7.99. The summed E-state index contributed by atoms with van der Waals surface area (Å²) in [5, 5.41) is 9.99. The molecule has 0 aliphatic rings. The van der Waals surface area contributed by atoms with E-state index in [1.54, 1.807) is 18.0 Å². The van der Waals surface area contributed by atoms with Crippen molar-refractivity contribution >= 4 is 28.9 Å². The largest absolute Gasteiger partial charge is 0.500 e. The van der Waals surface area contributed by atoms with E-state index in [2.05, 4.69) is 19.9 Å². The van der Waals surface area contributed by atoms with E-state index in [0.717, 1.165) is 20.4 Å². The number of rotatable bonds is 6. The van der Waals surface area contributed by atoms with E-state index in [9.17, 15) is 5.26 Å². The Morgan fingerprint density at radius 3 is 2.22 bits per heavy atom. The fraction of sp³-hybridized carbons (Fsp3) is 0.211. The molecule has 4 heteroatoms. The van der Waals surface area contributed by atoms with Crippen molar-refractivity contribution < 1.29 is 4.74 Å². The van der Waals surface area contributed by atoms with Crippen LogP contribution in [0.4, 0.5) is 0 Å². The van der Waals surface area contributed by atoms with E-state index in [0.29, 0.717) is 18.1 Å². The summed E-state index contributed by atoms with van der Waals surface area (Å²) < 4.78 is 5.44. The summed E-state index contributed by atoms with van der Waals surface area (Å²) >= 11 is 7.54. The Balaban J connectivity index is 2.05. The number of halogens is 1. The minimum atomic E-state index is 0.435. The molecule has 2 aromatic rings. The molecule has 2 aromatic carbocycles. The minimum Gasteiger partial charge on any atom is -0.500 e. The maximum Gasteiger partial charge on any atom is 0.103 e. The van der Waals surface area contributed by atoms with Gasteiger partial charge in [0.15, 0.2) is 0 Å². The van der Waals surface area contributed by atoms with Gasteiger partial charge < -0.3 is 4.74 Å². The lowest BCUT2D eigenvalue weighted by molar-refractivity contribution is 0.213. The van der Waals surface area contributed by atoms with Crippen LogP contribution in [0, 0.1) is 17.2 Å². The van der Waals surface area contributed by atoms with E-state index < -0.39 is 0 Å². The molecule has 0 aliphatic heterocycles. The number of nitrogens with zero attached hydrogens (tertiary/aromatic N) is 1. The molecule has 0 radical (unpaired) electrons. The predicted molar refractivity (Wildman–Crippen MR) is 96.4 cm³/mol. The molecule has 0 atom stereocenters. The molecule has 0 spiro atoms. The topological polar surface area (TPSA) is 33.0 Å². The fourth-order valence-corrected chi connectivity index (χ4v) is 2.77. The van der Waals surface area contributed by atoms with Crippen molar-refractivity contribution in [3.8, 4) is 6.07 Å². The molecule has 0 heterocycles. The van der Waals surface area contributed by atoms with Crippen molar-refractivity contribution in [1.82, 2.24) is 0 Å². The van der Waals surface area contributed by atoms with E-state index in [1.807, 2.05) is 48.5 Å². The molecule has 0 unspecified atom stereocenters. The molecule has 2 nitrogen and oxygen atoms in total. The van der Waals surface area contributed by atoms with Gasteiger partial charge in [0.25, 0.3) is 0 Å². The summed E-state index contributed by atoms with van der Waals surface area (Å²) in [6.07, 6.45) is 1.54. The zero-order valence-corrected chi connectivity index (χ0v) is 14.7. The third-order valence-electron chi connectivity index (χ3n) is 2.97. The Bertz CT molecular complexity index is 700. The van der Waals surface area contributed by atoms with Gasteiger partial charge in [-0.2, -0.15) is 5.26 Å². The number of hydrogen-bond donors (Lipinski definition) is 0. The van der Waals surface area contributed by atoms with Crippen LogP contribution in [0.1, 0.15) is 19.4 Å². The summed E-state index contributed by atoms with van der Waals surface area (Å²) in [6, 6.07) is 17.8. The second-order valence-electron chi connectivity index (χ2n) is 5.45. The number of nitriles is 1. The predicted octanol–water partition coefficient (Wildman–Crippen LogP) is 6.03. The van der Waals surface area contributed by atoms with Crippen molar-refractivity contribution in [3.05, 3.63) is 65.4 Å². The maximum absolute atomic E-state index is 9.26. The Labute approximate surface area is 146 Å². The summed E-state index contributed by atoms with van der Waals surface area (Å²) in [5.74, 6) is 0.435. The second kappa shape index (κ2) is 8.67. The third kappa shape index (κ3) is 5.67. The van der Waals surface area contributed by atoms with Gasteiger partial charge in [-0.1, -0.05) is 49.3 Å². The monoisotopic (exact) mass is 343 g/mol. The van der Waals surface area contributed by atoms with E-state index >= 15 is 0 Å². The Morgan fingerprint density at radius 2 is 1.70 bits per heavy atom. The molecule has 0 aromatic heterocycles. The fourth-order valence-electron chi connectivity index (χ4n) is 1.82. The molecule has 0 bridgehead atoms. The van der Waals surface area contributed by atoms with Crippen LogP contribution >= 0.6 is 23.4 Å². The molecular formula is C19H18ClNOS. The van der Waals surface area contributed by atoms with Gasteiger partial charge in [0.05, 0.1) is 12.2 Å². The molecule has 23 heavy (non-hydrogen) atoms. The number of hydrogen-bond acceptors (Lipinski definition) is 3. The normalized spacial score (nSPS) is 11.3. The first-order valence-electron chi connectivity index (χ1n) is 7.34. The Hall–Kier alpha value is -1.89. The van der Waals surface area contributed by atoms with Crippen molar-refractivity contribution in [2.75, 3.05) is 6.61 Å². The van der Waals surface area contributed by atoms with Gasteiger partial charge >= 0.3 is 0 Å². The average Bonchev–Trinajstić information content (AvgIpc) is 2.54. The molecule has 0 saturated carbocycles. The molecule has 118 valence electrons. The molecule has 0 amide bonds. The zero-order valence-electron chi connectivity index (χ0n) is 13.1. The van der Waals surface area contributed by atoms with Crippen molar-refractivity contribution in [2.24, 2.45) is 5.92 Å². The third-order valence-corrected chi connectivity index (χ3v) is 4.23. The van der Waals surface area contributed by atoms with Crippen LogP contribution in [0.15, 0.2) is 64.6 Å². The van der Waals surface area contributed by atoms with Crippen LogP contribution in [0.2, 0.25) is 5.02 Å². The van der Waals surface area contributed by atoms with E-state index in [4.69, 9.17) is 16.3 Å². The highest BCUT2D eigenvalue weighted by Gasteiger charge is 2.03. The Kier molecular flexibility index (Phi) is 6.58. The van der Waals surface area contributed by atoms with E-state index in [1.165, 1.54) is 0 Å². The van der Waals surface area contributed by atoms with Gasteiger partial charge in [0.2, 0.25) is 0 Å². The van der Waals surface area contributed by atoms with Crippen molar-refractivity contribution in [3.63, 3.8) is 0 Å². The average molecular weight is 344 g/mol. The van der Waals surface area contributed by atoms with Crippen LogP contribution in [0.5, 0.6) is 0 Å². The number of ether oxygens (including phenoxy) is 1. The highest BCUT2D eigenvalue weighted by atomic mass is 35.5. The lowest BCUT2D eigenvalue weighted by Crippen LogP contribution is -1.97. The van der Waals surface area contributed by atoms with Crippen LogP contribution in [-0.4, -0.2) is 6.61 Å². The quantitative estimate of drug-likeness (QED) is 0.474. The summed E-state index contributed by atoms with van der Waals surface area (Å²) in [5.41, 5.74) is 1.39. The van der Waals surface area contributed by atoms with Crippen LogP contribution in [-0.2, 0) is 4.74 Å². The SMILES string of the molecule is CC(C)CO/C=C(/C#N)c1ccc(Sc2ccc(Cl)cc2)cc1. The van der Waals surface area contributed by atoms with Crippen molar-refractivity contribution in [1.29, 1.82) is 5.26 Å². The molecule has 0 saturated heterocycles. The van der Waals surface area contributed by atoms with Gasteiger partial charge in [-0.15, -0.1) is 0 Å². The van der Waals surface area contributed by atoms with Crippen LogP contribution in [0.25, 0.3) is 5.57 Å². The number of benzene rings is 2. The first kappa shape index (κ1) is 17.5. The van der Waals surface area contributed by atoms with Crippen molar-refractivity contribution in [2.45, 2.75) is 23.6 Å². The van der Waals surface area contributed by atoms with Crippen LogP contribution in [0.3, 0.4) is 0 Å². The van der Waals surface area contributed by atoms with Gasteiger partial charge in [0.1, 0.15) is 12.3 Å². The molecule has 0 aliphatic carbocycles. The first-order chi connectivity index (χ1) is 11.1. The molecule has 0 N–H and O–H groups in total. The Morgan fingerprint density at radius 1 is 1.13 bits per heavy atom. The summed E-state index contributed by atoms with van der Waals surface area (Å²) in [6.45, 7) is 4.75. The highest BCUT2D eigenvalue weighted by Crippen LogP contribution is 2.29. The zero-order chi connectivity index (χ0) is 16.7. The standard InChI is InChI=1S/C19H18ClNOS/c1-14(2)12-22-13-16(11-21)15-3-7-18(8-4-15)23-19-9-5-17(20)6-10-19/h3-10,13-14H,12H2,1-2H3/b16-13-. The first-order valence-corrected chi connectivity index (χ1v) is 8.53. The molecule has 0 fully saturated rings. The van der Waals surface area contributed by atoms with Gasteiger partial charge in [0, 0.05) is 14.8 Å². The summed E-state index contributed by atoms with van der Waals surface area (Å²) in [7, 11) is 0. The molecular weight excluding hydrogens is 326 g/mol. The van der Waals surface area contributed by atoms with Gasteiger partial charge in [-0.05, 0) is 47.9 Å². The maximum atomic E-state index is 9.26. The smallest absolute Gasteiger partial charge is 0.103 e. The number of allylic oxidation sites excluding steroid dienone is 1. The van der Waals surface area contributed by atoms with Gasteiger partial charge in [-0.25, -0.2) is 0 Å². The summed E-state index contributed by atoms with van der Waals surface area (Å²) in [4.78, 5) is 2.23.